The maximum absolute atomic E-state index is 12.3. The number of rotatable bonds is 3. The number of thiazole rings is 1. The first kappa shape index (κ1) is 18.7. The second kappa shape index (κ2) is 8.18. The molecule has 0 aliphatic rings. The van der Waals surface area contributed by atoms with E-state index in [1.165, 1.54) is 0 Å². The molecule has 0 radical (unpaired) electrons. The van der Waals surface area contributed by atoms with Gasteiger partial charge in [-0.2, -0.15) is 0 Å². The quantitative estimate of drug-likeness (QED) is 0.370. The predicted molar refractivity (Wildman–Crippen MR) is 123 cm³/mol. The minimum atomic E-state index is -0.253. The van der Waals surface area contributed by atoms with Crippen LogP contribution in [0, 0.1) is 0 Å². The van der Waals surface area contributed by atoms with E-state index in [1.807, 2.05) is 60.7 Å². The fraction of sp³-hybridized carbons (Fsp3) is 0. The number of anilines is 1. The summed E-state index contributed by atoms with van der Waals surface area (Å²) < 4.78 is 2.05. The molecule has 4 aromatic rings. The van der Waals surface area contributed by atoms with Crippen molar-refractivity contribution in [3.05, 3.63) is 82.8 Å². The van der Waals surface area contributed by atoms with Crippen molar-refractivity contribution in [2.45, 2.75) is 0 Å². The molecule has 0 unspecified atom stereocenters. The molecule has 0 bridgehead atoms. The van der Waals surface area contributed by atoms with Gasteiger partial charge in [0.2, 0.25) is 0 Å². The Kier molecular flexibility index (Phi) is 5.47. The van der Waals surface area contributed by atoms with Gasteiger partial charge >= 0.3 is 0 Å². The lowest BCUT2D eigenvalue weighted by Gasteiger charge is -2.13. The third-order valence-electron chi connectivity index (χ3n) is 4.02. The van der Waals surface area contributed by atoms with Crippen LogP contribution in [-0.2, 0) is 0 Å². The first-order chi connectivity index (χ1) is 13.6. The third kappa shape index (κ3) is 4.11. The highest BCUT2D eigenvalue weighted by Gasteiger charge is 2.14. The molecule has 1 aromatic heterocycles. The van der Waals surface area contributed by atoms with Gasteiger partial charge in [0, 0.05) is 15.6 Å². The molecule has 28 heavy (non-hydrogen) atoms. The third-order valence-corrected chi connectivity index (χ3v) is 5.78. The molecule has 0 aliphatic heterocycles. The van der Waals surface area contributed by atoms with Crippen molar-refractivity contribution in [1.82, 2.24) is 10.3 Å². The normalized spacial score (nSPS) is 10.6. The number of amides is 1. The van der Waals surface area contributed by atoms with Crippen LogP contribution in [0.1, 0.15) is 10.4 Å². The monoisotopic (exact) mass is 467 g/mol. The summed E-state index contributed by atoms with van der Waals surface area (Å²) in [6.07, 6.45) is 0. The standard InChI is InChI=1S/C21H14BrN3OS2/c22-14-10-11-16(24-21(27)25-19(26)13-6-2-1-3-7-13)15(12-14)20-23-17-8-4-5-9-18(17)28-20/h1-12H,(H2,24,25,26,27). The van der Waals surface area contributed by atoms with Gasteiger partial charge in [-0.15, -0.1) is 11.3 Å². The maximum Gasteiger partial charge on any atom is 0.257 e. The number of fused-ring (bicyclic) bond motifs is 1. The van der Waals surface area contributed by atoms with Gasteiger partial charge in [0.15, 0.2) is 5.11 Å². The van der Waals surface area contributed by atoms with Gasteiger partial charge in [0.25, 0.3) is 5.91 Å². The highest BCUT2D eigenvalue weighted by molar-refractivity contribution is 9.10. The van der Waals surface area contributed by atoms with Gasteiger partial charge in [0.05, 0.1) is 15.9 Å². The van der Waals surface area contributed by atoms with E-state index in [-0.39, 0.29) is 11.0 Å². The number of nitrogens with zero attached hydrogens (tertiary/aromatic N) is 1. The zero-order chi connectivity index (χ0) is 19.5. The van der Waals surface area contributed by atoms with Crippen LogP contribution in [0.5, 0.6) is 0 Å². The van der Waals surface area contributed by atoms with E-state index in [2.05, 4.69) is 26.6 Å². The Bertz CT molecular complexity index is 1140. The Morgan fingerprint density at radius 1 is 1.00 bits per heavy atom. The number of nitrogens with one attached hydrogen (secondary N) is 2. The number of para-hydroxylation sites is 1. The predicted octanol–water partition coefficient (Wildman–Crippen LogP) is 5.85. The van der Waals surface area contributed by atoms with Gasteiger partial charge in [-0.05, 0) is 54.7 Å². The molecule has 4 rings (SSSR count). The van der Waals surface area contributed by atoms with Crippen molar-refractivity contribution >= 4 is 66.4 Å². The zero-order valence-corrected chi connectivity index (χ0v) is 17.7. The Hall–Kier alpha value is -2.61. The van der Waals surface area contributed by atoms with Crippen molar-refractivity contribution in [2.75, 3.05) is 5.32 Å². The minimum absolute atomic E-state index is 0.235. The van der Waals surface area contributed by atoms with E-state index in [1.54, 1.807) is 23.5 Å². The lowest BCUT2D eigenvalue weighted by molar-refractivity contribution is 0.0977. The van der Waals surface area contributed by atoms with E-state index in [0.717, 1.165) is 30.9 Å². The maximum atomic E-state index is 12.3. The first-order valence-corrected chi connectivity index (χ1v) is 10.4. The van der Waals surface area contributed by atoms with Crippen LogP contribution in [0.3, 0.4) is 0 Å². The fourth-order valence-electron chi connectivity index (χ4n) is 2.71. The lowest BCUT2D eigenvalue weighted by atomic mass is 10.2. The Morgan fingerprint density at radius 2 is 1.75 bits per heavy atom. The molecule has 7 heteroatoms. The van der Waals surface area contributed by atoms with Gasteiger partial charge in [-0.3, -0.25) is 10.1 Å². The Balaban J connectivity index is 1.60. The molecule has 0 spiro atoms. The Morgan fingerprint density at radius 3 is 2.54 bits per heavy atom. The molecule has 0 fully saturated rings. The topological polar surface area (TPSA) is 54.0 Å². The number of aromatic nitrogens is 1. The molecular formula is C21H14BrN3OS2. The fourth-order valence-corrected chi connectivity index (χ4v) is 4.27. The molecule has 0 aliphatic carbocycles. The largest absolute Gasteiger partial charge is 0.332 e. The summed E-state index contributed by atoms with van der Waals surface area (Å²) in [5.41, 5.74) is 3.19. The summed E-state index contributed by atoms with van der Waals surface area (Å²) in [5, 5.41) is 6.96. The molecule has 1 heterocycles. The molecule has 0 atom stereocenters. The van der Waals surface area contributed by atoms with Crippen molar-refractivity contribution in [2.24, 2.45) is 0 Å². The van der Waals surface area contributed by atoms with Crippen LogP contribution in [0.25, 0.3) is 20.8 Å². The molecule has 4 nitrogen and oxygen atoms in total. The van der Waals surface area contributed by atoms with Crippen LogP contribution >= 0.6 is 39.5 Å². The highest BCUT2D eigenvalue weighted by Crippen LogP contribution is 2.36. The number of halogens is 1. The SMILES string of the molecule is O=C(NC(=S)Nc1ccc(Br)cc1-c1nc2ccccc2s1)c1ccccc1. The van der Waals surface area contributed by atoms with Crippen LogP contribution in [0.4, 0.5) is 5.69 Å². The summed E-state index contributed by atoms with van der Waals surface area (Å²) in [7, 11) is 0. The highest BCUT2D eigenvalue weighted by atomic mass is 79.9. The zero-order valence-electron chi connectivity index (χ0n) is 14.5. The van der Waals surface area contributed by atoms with Crippen LogP contribution in [0.15, 0.2) is 77.3 Å². The summed E-state index contributed by atoms with van der Waals surface area (Å²) in [4.78, 5) is 17.0. The summed E-state index contributed by atoms with van der Waals surface area (Å²) in [6.45, 7) is 0. The van der Waals surface area contributed by atoms with Crippen molar-refractivity contribution in [1.29, 1.82) is 0 Å². The van der Waals surface area contributed by atoms with Crippen molar-refractivity contribution < 1.29 is 4.79 Å². The number of hydrogen-bond donors (Lipinski definition) is 2. The van der Waals surface area contributed by atoms with Gasteiger partial charge in [0.1, 0.15) is 5.01 Å². The summed E-state index contributed by atoms with van der Waals surface area (Å²) >= 11 is 10.5. The van der Waals surface area contributed by atoms with E-state index in [0.29, 0.717) is 5.56 Å². The van der Waals surface area contributed by atoms with E-state index < -0.39 is 0 Å². The second-order valence-electron chi connectivity index (χ2n) is 5.95. The number of benzene rings is 3. The molecule has 0 saturated carbocycles. The van der Waals surface area contributed by atoms with Gasteiger partial charge in [-0.25, -0.2) is 4.98 Å². The minimum Gasteiger partial charge on any atom is -0.332 e. The van der Waals surface area contributed by atoms with Crippen molar-refractivity contribution in [3.63, 3.8) is 0 Å². The van der Waals surface area contributed by atoms with Gasteiger partial charge in [-0.1, -0.05) is 46.3 Å². The molecular weight excluding hydrogens is 454 g/mol. The van der Waals surface area contributed by atoms with E-state index >= 15 is 0 Å². The molecule has 2 N–H and O–H groups in total. The number of hydrogen-bond acceptors (Lipinski definition) is 4. The Labute approximate surface area is 179 Å². The summed E-state index contributed by atoms with van der Waals surface area (Å²) in [5.74, 6) is -0.253. The average Bonchev–Trinajstić information content (AvgIpc) is 3.14. The number of carbonyl (C=O) groups is 1. The molecule has 1 amide bonds. The lowest BCUT2D eigenvalue weighted by Crippen LogP contribution is -2.34. The van der Waals surface area contributed by atoms with Crippen molar-refractivity contribution in [3.8, 4) is 10.6 Å². The van der Waals surface area contributed by atoms with E-state index in [4.69, 9.17) is 17.2 Å². The number of thiocarbonyl (C=S) groups is 1. The molecule has 3 aromatic carbocycles. The van der Waals surface area contributed by atoms with Crippen LogP contribution < -0.4 is 10.6 Å². The molecule has 138 valence electrons. The molecule has 0 saturated heterocycles. The smallest absolute Gasteiger partial charge is 0.257 e. The second-order valence-corrected chi connectivity index (χ2v) is 8.31. The van der Waals surface area contributed by atoms with Gasteiger partial charge < -0.3 is 5.32 Å². The first-order valence-electron chi connectivity index (χ1n) is 8.43. The number of carbonyl (C=O) groups excluding carboxylic acids is 1. The van der Waals surface area contributed by atoms with E-state index in [9.17, 15) is 4.79 Å². The average molecular weight is 468 g/mol. The summed E-state index contributed by atoms with van der Waals surface area (Å²) in [6, 6.07) is 22.8. The van der Waals surface area contributed by atoms with Crippen LogP contribution in [0.2, 0.25) is 0 Å². The van der Waals surface area contributed by atoms with Crippen LogP contribution in [-0.4, -0.2) is 16.0 Å².